The predicted octanol–water partition coefficient (Wildman–Crippen LogP) is 5.12. The summed E-state index contributed by atoms with van der Waals surface area (Å²) in [5.74, 6) is 1.37. The highest BCUT2D eigenvalue weighted by molar-refractivity contribution is 5.68. The molecule has 0 aromatic heterocycles. The molecule has 0 amide bonds. The van der Waals surface area contributed by atoms with Crippen molar-refractivity contribution in [3.8, 4) is 0 Å². The summed E-state index contributed by atoms with van der Waals surface area (Å²) in [7, 11) is 0. The predicted molar refractivity (Wildman–Crippen MR) is 123 cm³/mol. The first-order valence-corrected chi connectivity index (χ1v) is 12.4. The third-order valence-electron chi connectivity index (χ3n) is 9.54. The number of ether oxygens (including phenoxy) is 3. The molecule has 182 valence electrons. The van der Waals surface area contributed by atoms with Gasteiger partial charge in [-0.2, -0.15) is 0 Å². The summed E-state index contributed by atoms with van der Waals surface area (Å²) >= 11 is 0. The van der Waals surface area contributed by atoms with Crippen LogP contribution < -0.4 is 0 Å². The van der Waals surface area contributed by atoms with Crippen molar-refractivity contribution in [3.63, 3.8) is 0 Å². The van der Waals surface area contributed by atoms with Gasteiger partial charge in [-0.3, -0.25) is 14.4 Å². The molecule has 0 aliphatic heterocycles. The highest BCUT2D eigenvalue weighted by Gasteiger charge is 2.68. The number of allylic oxidation sites excluding steroid dienone is 4. The van der Waals surface area contributed by atoms with Crippen molar-refractivity contribution in [2.75, 3.05) is 0 Å². The Bertz CT molecular complexity index is 904. The molecule has 0 radical (unpaired) electrons. The van der Waals surface area contributed by atoms with Gasteiger partial charge in [0.2, 0.25) is 0 Å². The highest BCUT2D eigenvalue weighted by atomic mass is 16.6. The second-order valence-corrected chi connectivity index (χ2v) is 11.2. The molecule has 0 bridgehead atoms. The van der Waals surface area contributed by atoms with Crippen LogP contribution in [0, 0.1) is 34.5 Å². The van der Waals surface area contributed by atoms with Gasteiger partial charge in [0.1, 0.15) is 11.9 Å². The molecule has 4 rings (SSSR count). The topological polar surface area (TPSA) is 78.9 Å². The molecule has 4 aliphatic rings. The lowest BCUT2D eigenvalue weighted by Crippen LogP contribution is -2.60. The molecule has 6 nitrogen and oxygen atoms in total. The summed E-state index contributed by atoms with van der Waals surface area (Å²) < 4.78 is 17.2. The molecule has 8 atom stereocenters. The molecule has 6 heteroatoms. The molecular weight excluding hydrogens is 420 g/mol. The van der Waals surface area contributed by atoms with E-state index in [-0.39, 0.29) is 34.7 Å². The van der Waals surface area contributed by atoms with E-state index in [9.17, 15) is 14.4 Å². The number of rotatable bonds is 4. The van der Waals surface area contributed by atoms with E-state index in [1.54, 1.807) is 0 Å². The molecule has 0 saturated heterocycles. The molecule has 2 saturated carbocycles. The standard InChI is InChI=1S/C27H38O6/c1-16(31-17(2)28)27(33-19(4)30)14-11-24-22-8-7-20-15-21(32-18(3)29)9-12-25(20,5)23(22)10-13-26(24,27)6/h7-8,15-16,20,22-24H,9-14H2,1-6H3/t16?,20-,22-,23+,24+,25+,26+,27+/m1/s1. The number of hydrogen-bond acceptors (Lipinski definition) is 6. The van der Waals surface area contributed by atoms with E-state index >= 15 is 0 Å². The first-order valence-electron chi connectivity index (χ1n) is 12.4. The van der Waals surface area contributed by atoms with E-state index in [0.717, 1.165) is 37.9 Å². The van der Waals surface area contributed by atoms with Gasteiger partial charge >= 0.3 is 17.9 Å². The number of carbonyl (C=O) groups is 3. The zero-order valence-corrected chi connectivity index (χ0v) is 20.8. The summed E-state index contributed by atoms with van der Waals surface area (Å²) in [6.45, 7) is 10.8. The zero-order chi connectivity index (χ0) is 24.2. The van der Waals surface area contributed by atoms with Gasteiger partial charge in [0.25, 0.3) is 0 Å². The molecular formula is C27H38O6. The van der Waals surface area contributed by atoms with Crippen LogP contribution in [0.2, 0.25) is 0 Å². The quantitative estimate of drug-likeness (QED) is 0.331. The number of fused-ring (bicyclic) bond motifs is 5. The Morgan fingerprint density at radius 1 is 0.939 bits per heavy atom. The second-order valence-electron chi connectivity index (χ2n) is 11.2. The summed E-state index contributed by atoms with van der Waals surface area (Å²) in [6, 6.07) is 0. The minimum absolute atomic E-state index is 0.110. The van der Waals surface area contributed by atoms with Crippen molar-refractivity contribution in [3.05, 3.63) is 24.0 Å². The first-order chi connectivity index (χ1) is 15.4. The van der Waals surface area contributed by atoms with E-state index in [1.165, 1.54) is 20.8 Å². The fraction of sp³-hybridized carbons (Fsp3) is 0.741. The number of carbonyl (C=O) groups excluding carboxylic acids is 3. The molecule has 33 heavy (non-hydrogen) atoms. The molecule has 0 aromatic carbocycles. The van der Waals surface area contributed by atoms with E-state index in [2.05, 4.69) is 32.1 Å². The summed E-state index contributed by atoms with van der Waals surface area (Å²) in [5, 5.41) is 0. The maximum atomic E-state index is 12.2. The second kappa shape index (κ2) is 8.28. The van der Waals surface area contributed by atoms with Crippen LogP contribution >= 0.6 is 0 Å². The fourth-order valence-corrected chi connectivity index (χ4v) is 8.05. The maximum Gasteiger partial charge on any atom is 0.307 e. The molecule has 4 aliphatic carbocycles. The van der Waals surface area contributed by atoms with Crippen LogP contribution in [0.4, 0.5) is 0 Å². The largest absolute Gasteiger partial charge is 0.459 e. The molecule has 1 unspecified atom stereocenters. The molecule has 0 aromatic rings. The highest BCUT2D eigenvalue weighted by Crippen LogP contribution is 2.68. The van der Waals surface area contributed by atoms with E-state index in [0.29, 0.717) is 24.2 Å². The minimum atomic E-state index is -0.805. The lowest BCUT2D eigenvalue weighted by molar-refractivity contribution is -0.213. The Morgan fingerprint density at radius 2 is 1.64 bits per heavy atom. The molecule has 2 fully saturated rings. The Hall–Kier alpha value is -2.11. The Kier molecular flexibility index (Phi) is 6.03. The van der Waals surface area contributed by atoms with Gasteiger partial charge in [0, 0.05) is 38.5 Å². The first kappa shape index (κ1) is 24.0. The van der Waals surface area contributed by atoms with Crippen molar-refractivity contribution in [2.45, 2.75) is 91.8 Å². The van der Waals surface area contributed by atoms with Gasteiger partial charge in [-0.15, -0.1) is 0 Å². The van der Waals surface area contributed by atoms with E-state index in [1.807, 2.05) is 6.92 Å². The van der Waals surface area contributed by atoms with Gasteiger partial charge in [-0.05, 0) is 68.3 Å². The van der Waals surface area contributed by atoms with Crippen LogP contribution in [-0.4, -0.2) is 29.6 Å². The van der Waals surface area contributed by atoms with Gasteiger partial charge in [-0.1, -0.05) is 26.0 Å². The average molecular weight is 459 g/mol. The fourth-order valence-electron chi connectivity index (χ4n) is 8.05. The van der Waals surface area contributed by atoms with Gasteiger partial charge < -0.3 is 14.2 Å². The molecule has 0 heterocycles. The Balaban J connectivity index is 1.67. The van der Waals surface area contributed by atoms with Crippen LogP contribution in [0.25, 0.3) is 0 Å². The number of esters is 3. The summed E-state index contributed by atoms with van der Waals surface area (Å²) in [5.41, 5.74) is -0.963. The van der Waals surface area contributed by atoms with Crippen molar-refractivity contribution < 1.29 is 28.6 Å². The lowest BCUT2D eigenvalue weighted by Gasteiger charge is -2.59. The third kappa shape index (κ3) is 3.74. The van der Waals surface area contributed by atoms with Crippen molar-refractivity contribution in [1.82, 2.24) is 0 Å². The Labute approximate surface area is 197 Å². The van der Waals surface area contributed by atoms with Crippen molar-refractivity contribution >= 4 is 17.9 Å². The number of hydrogen-bond donors (Lipinski definition) is 0. The monoisotopic (exact) mass is 458 g/mol. The van der Waals surface area contributed by atoms with Crippen molar-refractivity contribution in [2.24, 2.45) is 34.5 Å². The SMILES string of the molecule is CC(=O)OC1=C[C@H]2C=C[C@@H]3[C@H](CC[C@@]4(C)[C@H]3CC[C@]4(OC(C)=O)C(C)OC(C)=O)[C@@]2(C)CC1. The average Bonchev–Trinajstić information content (AvgIpc) is 3.00. The summed E-state index contributed by atoms with van der Waals surface area (Å²) in [6.07, 6.45) is 11.7. The lowest BCUT2D eigenvalue weighted by atomic mass is 9.47. The van der Waals surface area contributed by atoms with Gasteiger partial charge in [0.05, 0.1) is 0 Å². The van der Waals surface area contributed by atoms with Crippen LogP contribution in [0.1, 0.15) is 80.1 Å². The van der Waals surface area contributed by atoms with E-state index < -0.39 is 11.7 Å². The van der Waals surface area contributed by atoms with Crippen LogP contribution in [0.3, 0.4) is 0 Å². The van der Waals surface area contributed by atoms with Crippen LogP contribution in [0.15, 0.2) is 24.0 Å². The van der Waals surface area contributed by atoms with Crippen molar-refractivity contribution in [1.29, 1.82) is 0 Å². The van der Waals surface area contributed by atoms with Crippen LogP contribution in [0.5, 0.6) is 0 Å². The third-order valence-corrected chi connectivity index (χ3v) is 9.54. The zero-order valence-electron chi connectivity index (χ0n) is 20.8. The van der Waals surface area contributed by atoms with Gasteiger partial charge in [-0.25, -0.2) is 0 Å². The maximum absolute atomic E-state index is 12.2. The van der Waals surface area contributed by atoms with Crippen LogP contribution in [-0.2, 0) is 28.6 Å². The van der Waals surface area contributed by atoms with Gasteiger partial charge in [0.15, 0.2) is 5.60 Å². The normalized spacial score (nSPS) is 42.2. The smallest absolute Gasteiger partial charge is 0.307 e. The molecule has 0 spiro atoms. The van der Waals surface area contributed by atoms with E-state index in [4.69, 9.17) is 14.2 Å². The molecule has 0 N–H and O–H groups in total. The summed E-state index contributed by atoms with van der Waals surface area (Å²) in [4.78, 5) is 35.5. The Morgan fingerprint density at radius 3 is 2.27 bits per heavy atom. The minimum Gasteiger partial charge on any atom is -0.459 e.